The van der Waals surface area contributed by atoms with Gasteiger partial charge in [-0.25, -0.2) is 4.99 Å². The average molecular weight is 576 g/mol. The maximum absolute atomic E-state index is 13.5. The maximum Gasteiger partial charge on any atom is 0.272 e. The molecule has 4 rings (SSSR count). The number of methoxy groups -OCH3 is 1. The van der Waals surface area contributed by atoms with E-state index in [1.807, 2.05) is 17.9 Å². The third kappa shape index (κ3) is 8.19. The Morgan fingerprint density at radius 2 is 2.10 bits per heavy atom. The number of nitrogens with zero attached hydrogens (tertiary/aromatic N) is 2. The number of hydrogen-bond donors (Lipinski definition) is 3. The number of carbonyl (C=O) groups excluding carboxylic acids is 1. The van der Waals surface area contributed by atoms with E-state index >= 15 is 0 Å². The van der Waals surface area contributed by atoms with Crippen LogP contribution in [-0.4, -0.2) is 87.5 Å². The zero-order valence-corrected chi connectivity index (χ0v) is 24.7. The van der Waals surface area contributed by atoms with Crippen LogP contribution in [0.4, 0.5) is 0 Å². The smallest absolute Gasteiger partial charge is 0.272 e. The summed E-state index contributed by atoms with van der Waals surface area (Å²) in [5.74, 6) is 0.238. The maximum atomic E-state index is 13.5. The number of halogens is 1. The zero-order chi connectivity index (χ0) is 28.5. The molecule has 3 saturated heterocycles. The number of rotatable bonds is 10. The van der Waals surface area contributed by atoms with Crippen molar-refractivity contribution in [3.8, 4) is 0 Å². The van der Waals surface area contributed by atoms with E-state index in [1.165, 1.54) is 6.34 Å². The van der Waals surface area contributed by atoms with Crippen molar-refractivity contribution in [2.24, 2.45) is 16.6 Å². The Morgan fingerprint density at radius 3 is 2.80 bits per heavy atom. The molecule has 0 saturated carbocycles. The van der Waals surface area contributed by atoms with E-state index in [1.54, 1.807) is 7.11 Å². The van der Waals surface area contributed by atoms with Crippen molar-refractivity contribution in [1.82, 2.24) is 15.5 Å². The molecular weight excluding hydrogens is 530 g/mol. The Labute approximate surface area is 243 Å². The van der Waals surface area contributed by atoms with Gasteiger partial charge in [0.2, 0.25) is 0 Å². The highest BCUT2D eigenvalue weighted by Gasteiger charge is 2.32. The molecule has 0 radical (unpaired) electrons. The normalized spacial score (nSPS) is 30.6. The minimum absolute atomic E-state index is 0.0632. The fraction of sp³-hybridized carbons (Fsp3) is 0.667. The van der Waals surface area contributed by atoms with Crippen LogP contribution in [0.3, 0.4) is 0 Å². The van der Waals surface area contributed by atoms with Gasteiger partial charge in [-0.15, -0.1) is 0 Å². The zero-order valence-electron chi connectivity index (χ0n) is 23.9. The van der Waals surface area contributed by atoms with Crippen molar-refractivity contribution < 1.29 is 19.0 Å². The fourth-order valence-corrected chi connectivity index (χ4v) is 6.18. The summed E-state index contributed by atoms with van der Waals surface area (Å²) in [5.41, 5.74) is 7.34. The van der Waals surface area contributed by atoms with Crippen LogP contribution in [0.15, 0.2) is 51.8 Å². The fourth-order valence-electron chi connectivity index (χ4n) is 6.02. The number of nitrogens with one attached hydrogen (secondary N) is 2. The van der Waals surface area contributed by atoms with E-state index in [2.05, 4.69) is 34.4 Å². The van der Waals surface area contributed by atoms with Crippen molar-refractivity contribution in [2.45, 2.75) is 82.3 Å². The van der Waals surface area contributed by atoms with Crippen molar-refractivity contribution in [2.75, 3.05) is 40.0 Å². The summed E-state index contributed by atoms with van der Waals surface area (Å²) < 4.78 is 17.6. The molecule has 0 aromatic heterocycles. The molecule has 222 valence electrons. The van der Waals surface area contributed by atoms with Crippen LogP contribution in [0, 0.1) is 5.92 Å². The summed E-state index contributed by atoms with van der Waals surface area (Å²) in [5, 5.41) is 7.93. The molecule has 5 atom stereocenters. The summed E-state index contributed by atoms with van der Waals surface area (Å²) in [6, 6.07) is 0.613. The third-order valence-corrected chi connectivity index (χ3v) is 8.82. The van der Waals surface area contributed by atoms with Gasteiger partial charge in [0.15, 0.2) is 0 Å². The van der Waals surface area contributed by atoms with E-state index in [4.69, 9.17) is 31.5 Å². The number of allylic oxidation sites excluding steroid dienone is 4. The summed E-state index contributed by atoms with van der Waals surface area (Å²) in [4.78, 5) is 19.6. The van der Waals surface area contributed by atoms with Crippen LogP contribution in [-0.2, 0) is 19.0 Å². The molecule has 0 bridgehead atoms. The second kappa shape index (κ2) is 15.2. The largest absolute Gasteiger partial charge is 0.390 e. The Kier molecular flexibility index (Phi) is 11.7. The van der Waals surface area contributed by atoms with Crippen molar-refractivity contribution in [3.63, 3.8) is 0 Å². The van der Waals surface area contributed by atoms with E-state index in [0.29, 0.717) is 55.2 Å². The minimum atomic E-state index is -0.119. The number of nitrogens with two attached hydrogens (primary N) is 1. The van der Waals surface area contributed by atoms with Crippen LogP contribution in [0.1, 0.15) is 51.9 Å². The SMILES string of the molecule is C=C(NC[C@H]1CCC[C@@H](C2C=CC(Cl)=CC2)O1)/C(C)=C(\N=CN)C(=O)N1CCC(N[C@@H]2CCOC[C@@H]2OC)CC1. The molecule has 1 amide bonds. The van der Waals surface area contributed by atoms with Gasteiger partial charge in [0.1, 0.15) is 5.70 Å². The van der Waals surface area contributed by atoms with Gasteiger partial charge < -0.3 is 35.5 Å². The number of piperidine rings is 1. The van der Waals surface area contributed by atoms with Crippen molar-refractivity contribution in [3.05, 3.63) is 46.8 Å². The topological polar surface area (TPSA) is 110 Å². The first-order valence-corrected chi connectivity index (χ1v) is 15.0. The molecule has 1 aliphatic carbocycles. The quantitative estimate of drug-likeness (QED) is 0.158. The van der Waals surface area contributed by atoms with Gasteiger partial charge in [0.25, 0.3) is 5.91 Å². The van der Waals surface area contributed by atoms with E-state index in [9.17, 15) is 4.79 Å². The summed E-state index contributed by atoms with van der Waals surface area (Å²) in [6.07, 6.45) is 14.4. The number of hydrogen-bond acceptors (Lipinski definition) is 7. The first-order valence-electron chi connectivity index (χ1n) is 14.6. The number of aliphatic imine (C=N–C) groups is 1. The Morgan fingerprint density at radius 1 is 1.30 bits per heavy atom. The number of carbonyl (C=O) groups is 1. The Bertz CT molecular complexity index is 1000. The van der Waals surface area contributed by atoms with Crippen molar-refractivity contribution in [1.29, 1.82) is 0 Å². The molecule has 40 heavy (non-hydrogen) atoms. The summed E-state index contributed by atoms with van der Waals surface area (Å²) in [7, 11) is 1.73. The molecule has 9 nitrogen and oxygen atoms in total. The van der Waals surface area contributed by atoms with Crippen LogP contribution >= 0.6 is 11.6 Å². The van der Waals surface area contributed by atoms with E-state index in [-0.39, 0.29) is 30.3 Å². The van der Waals surface area contributed by atoms with Crippen LogP contribution < -0.4 is 16.4 Å². The third-order valence-electron chi connectivity index (χ3n) is 8.54. The molecule has 1 unspecified atom stereocenters. The number of amides is 1. The molecule has 3 aliphatic heterocycles. The van der Waals surface area contributed by atoms with E-state index < -0.39 is 0 Å². The van der Waals surface area contributed by atoms with Gasteiger partial charge in [-0.05, 0) is 57.9 Å². The van der Waals surface area contributed by atoms with Crippen LogP contribution in [0.5, 0.6) is 0 Å². The van der Waals surface area contributed by atoms with E-state index in [0.717, 1.165) is 56.6 Å². The summed E-state index contributed by atoms with van der Waals surface area (Å²) in [6.45, 7) is 9.37. The molecule has 0 aromatic carbocycles. The lowest BCUT2D eigenvalue weighted by Crippen LogP contribution is -2.54. The standard InChI is InChI=1S/C30H46ClN5O4/c1-20(21(2)33-17-25-5-4-6-27(40-25)22-7-9-23(31)10-8-22)29(34-19-32)30(37)36-14-11-24(12-15-36)35-26-13-16-39-18-28(26)38-3/h7,9-10,19,22,24-28,33,35H,2,4-6,8,11-18H2,1,3H3,(H2,32,34)/b29-20-/t22?,25-,26-,27+,28+/m1/s1. The van der Waals surface area contributed by atoms with Crippen LogP contribution in [0.25, 0.3) is 0 Å². The first kappa shape index (κ1) is 30.8. The first-order chi connectivity index (χ1) is 19.4. The molecule has 10 heteroatoms. The monoisotopic (exact) mass is 575 g/mol. The highest BCUT2D eigenvalue weighted by molar-refractivity contribution is 6.31. The molecular formula is C30H46ClN5O4. The Balaban J connectivity index is 1.28. The predicted molar refractivity (Wildman–Crippen MR) is 159 cm³/mol. The Hall–Kier alpha value is -2.17. The highest BCUT2D eigenvalue weighted by atomic mass is 35.5. The van der Waals surface area contributed by atoms with Gasteiger partial charge in [0, 0.05) is 67.7 Å². The predicted octanol–water partition coefficient (Wildman–Crippen LogP) is 3.37. The molecule has 0 spiro atoms. The second-order valence-corrected chi connectivity index (χ2v) is 11.6. The lowest BCUT2D eigenvalue weighted by molar-refractivity contribution is -0.128. The number of likely N-dealkylation sites (tertiary alicyclic amines) is 1. The van der Waals surface area contributed by atoms with Crippen molar-refractivity contribution >= 4 is 23.8 Å². The van der Waals surface area contributed by atoms with Gasteiger partial charge in [-0.3, -0.25) is 4.79 Å². The molecule has 3 heterocycles. The van der Waals surface area contributed by atoms with Gasteiger partial charge in [-0.1, -0.05) is 30.3 Å². The van der Waals surface area contributed by atoms with Gasteiger partial charge in [0.05, 0.1) is 31.3 Å². The lowest BCUT2D eigenvalue weighted by Gasteiger charge is -2.38. The van der Waals surface area contributed by atoms with Crippen LogP contribution in [0.2, 0.25) is 0 Å². The number of ether oxygens (including phenoxy) is 3. The highest BCUT2D eigenvalue weighted by Crippen LogP contribution is 2.31. The molecule has 0 aromatic rings. The molecule has 3 fully saturated rings. The minimum Gasteiger partial charge on any atom is -0.390 e. The lowest BCUT2D eigenvalue weighted by atomic mass is 9.89. The van der Waals surface area contributed by atoms with Gasteiger partial charge in [-0.2, -0.15) is 0 Å². The summed E-state index contributed by atoms with van der Waals surface area (Å²) >= 11 is 6.09. The molecule has 4 N–H and O–H groups in total. The molecule has 4 aliphatic rings. The average Bonchev–Trinajstić information content (AvgIpc) is 2.99. The van der Waals surface area contributed by atoms with Gasteiger partial charge >= 0.3 is 0 Å². The second-order valence-electron chi connectivity index (χ2n) is 11.2.